The van der Waals surface area contributed by atoms with Gasteiger partial charge in [0, 0.05) is 10.7 Å². The van der Waals surface area contributed by atoms with E-state index in [-0.39, 0.29) is 6.54 Å². The number of nitrogens with one attached hydrogen (secondary N) is 1. The van der Waals surface area contributed by atoms with Gasteiger partial charge in [-0.1, -0.05) is 28.1 Å². The highest BCUT2D eigenvalue weighted by atomic mass is 79.9. The Kier molecular flexibility index (Phi) is 5.36. The van der Waals surface area contributed by atoms with Crippen molar-refractivity contribution in [3.05, 3.63) is 46.7 Å². The zero-order chi connectivity index (χ0) is 19.8. The molecule has 1 aromatic heterocycles. The summed E-state index contributed by atoms with van der Waals surface area (Å²) in [5, 5.41) is 5.03. The van der Waals surface area contributed by atoms with Crippen molar-refractivity contribution in [3.8, 4) is 0 Å². The van der Waals surface area contributed by atoms with E-state index in [2.05, 4.69) is 21.0 Å². The Labute approximate surface area is 150 Å². The van der Waals surface area contributed by atoms with Crippen LogP contribution in [0, 0.1) is 0 Å². The zero-order valence-corrected chi connectivity index (χ0v) is 14.1. The molecule has 12 heteroatoms. The number of carbonyl (C=O) groups is 1. The van der Waals surface area contributed by atoms with E-state index in [0.29, 0.717) is 0 Å². The number of hydrogen-bond donors (Lipinski definition) is 1. The average molecular weight is 448 g/mol. The van der Waals surface area contributed by atoms with Crippen molar-refractivity contribution < 1.29 is 35.5 Å². The van der Waals surface area contributed by atoms with Crippen LogP contribution >= 0.6 is 15.9 Å². The molecule has 0 saturated heterocycles. The third-order valence-electron chi connectivity index (χ3n) is 3.18. The number of anilines is 1. The highest BCUT2D eigenvalue weighted by Gasteiger charge is 2.76. The molecule has 26 heavy (non-hydrogen) atoms. The van der Waals surface area contributed by atoms with E-state index < -0.39 is 29.6 Å². The SMILES string of the molecule is O=C(Nc1cnn(Cc2ccc(Br)cc2)c1)C(F)(F)C(F)(F)C(F)(F)F. The molecule has 1 amide bonds. The Bertz CT molecular complexity index is 787. The number of amides is 1. The quantitative estimate of drug-likeness (QED) is 0.687. The van der Waals surface area contributed by atoms with Crippen LogP contribution in [0.5, 0.6) is 0 Å². The van der Waals surface area contributed by atoms with Gasteiger partial charge in [0.05, 0.1) is 18.4 Å². The summed E-state index contributed by atoms with van der Waals surface area (Å²) in [6, 6.07) is 6.87. The number of alkyl halides is 7. The van der Waals surface area contributed by atoms with Crippen LogP contribution in [0.25, 0.3) is 0 Å². The molecule has 1 aromatic carbocycles. The van der Waals surface area contributed by atoms with Gasteiger partial charge >= 0.3 is 23.9 Å². The molecule has 0 radical (unpaired) electrons. The second-order valence-electron chi connectivity index (χ2n) is 5.15. The van der Waals surface area contributed by atoms with Crippen LogP contribution in [0.1, 0.15) is 5.56 Å². The number of carbonyl (C=O) groups excluding carboxylic acids is 1. The molecule has 0 fully saturated rings. The smallest absolute Gasteiger partial charge is 0.318 e. The summed E-state index contributed by atoms with van der Waals surface area (Å²) in [5.41, 5.74) is 0.285. The first-order chi connectivity index (χ1) is 11.8. The highest BCUT2D eigenvalue weighted by molar-refractivity contribution is 9.10. The van der Waals surface area contributed by atoms with Gasteiger partial charge in [0.15, 0.2) is 0 Å². The lowest BCUT2D eigenvalue weighted by Gasteiger charge is -2.26. The van der Waals surface area contributed by atoms with Crippen LogP contribution in [0.4, 0.5) is 36.4 Å². The zero-order valence-electron chi connectivity index (χ0n) is 12.5. The summed E-state index contributed by atoms with van der Waals surface area (Å²) in [6.45, 7) is 0.151. The molecule has 0 aliphatic carbocycles. The first kappa shape index (κ1) is 20.2. The van der Waals surface area contributed by atoms with Crippen molar-refractivity contribution in [2.75, 3.05) is 5.32 Å². The van der Waals surface area contributed by atoms with Crippen LogP contribution in [-0.2, 0) is 11.3 Å². The predicted molar refractivity (Wildman–Crippen MR) is 80.0 cm³/mol. The molecule has 1 heterocycles. The Balaban J connectivity index is 2.10. The maximum atomic E-state index is 13.3. The third kappa shape index (κ3) is 4.00. The predicted octanol–water partition coefficient (Wildman–Crippen LogP) is 4.47. The van der Waals surface area contributed by atoms with Gasteiger partial charge in [-0.25, -0.2) is 0 Å². The van der Waals surface area contributed by atoms with E-state index in [1.54, 1.807) is 24.3 Å². The van der Waals surface area contributed by atoms with E-state index in [9.17, 15) is 35.5 Å². The second-order valence-corrected chi connectivity index (χ2v) is 6.07. The second kappa shape index (κ2) is 6.89. The summed E-state index contributed by atoms with van der Waals surface area (Å²) < 4.78 is 90.4. The van der Waals surface area contributed by atoms with Crippen LogP contribution in [0.15, 0.2) is 41.1 Å². The van der Waals surface area contributed by atoms with Crippen molar-refractivity contribution in [2.24, 2.45) is 0 Å². The lowest BCUT2D eigenvalue weighted by Crippen LogP contribution is -2.57. The van der Waals surface area contributed by atoms with Crippen molar-refractivity contribution in [1.29, 1.82) is 0 Å². The number of aromatic nitrogens is 2. The summed E-state index contributed by atoms with van der Waals surface area (Å²) in [5.74, 6) is -15.3. The molecule has 0 aliphatic rings. The molecule has 1 N–H and O–H groups in total. The Hall–Kier alpha value is -2.11. The van der Waals surface area contributed by atoms with Gasteiger partial charge in [0.2, 0.25) is 0 Å². The first-order valence-corrected chi connectivity index (χ1v) is 7.54. The lowest BCUT2D eigenvalue weighted by molar-refractivity contribution is -0.343. The van der Waals surface area contributed by atoms with Crippen molar-refractivity contribution in [1.82, 2.24) is 9.78 Å². The van der Waals surface area contributed by atoms with E-state index >= 15 is 0 Å². The van der Waals surface area contributed by atoms with Gasteiger partial charge in [-0.2, -0.15) is 35.8 Å². The largest absolute Gasteiger partial charge is 0.460 e. The monoisotopic (exact) mass is 447 g/mol. The van der Waals surface area contributed by atoms with E-state index in [1.807, 2.05) is 0 Å². The lowest BCUT2D eigenvalue weighted by atomic mass is 10.1. The maximum absolute atomic E-state index is 13.3. The topological polar surface area (TPSA) is 46.9 Å². The fourth-order valence-electron chi connectivity index (χ4n) is 1.82. The normalized spacial score (nSPS) is 12.9. The first-order valence-electron chi connectivity index (χ1n) is 6.75. The van der Waals surface area contributed by atoms with Crippen LogP contribution in [0.2, 0.25) is 0 Å². The summed E-state index contributed by atoms with van der Waals surface area (Å²) in [7, 11) is 0. The van der Waals surface area contributed by atoms with Crippen LogP contribution < -0.4 is 5.32 Å². The van der Waals surface area contributed by atoms with Crippen molar-refractivity contribution >= 4 is 27.5 Å². The number of benzene rings is 1. The van der Waals surface area contributed by atoms with Crippen LogP contribution in [0.3, 0.4) is 0 Å². The fourth-order valence-corrected chi connectivity index (χ4v) is 2.09. The molecule has 142 valence electrons. The minimum atomic E-state index is -6.58. The highest BCUT2D eigenvalue weighted by Crippen LogP contribution is 2.46. The average Bonchev–Trinajstić information content (AvgIpc) is 2.95. The molecule has 0 spiro atoms. The number of halogens is 8. The van der Waals surface area contributed by atoms with Crippen molar-refractivity contribution in [2.45, 2.75) is 24.6 Å². The Morgan fingerprint density at radius 1 is 1.08 bits per heavy atom. The van der Waals surface area contributed by atoms with E-state index in [4.69, 9.17) is 0 Å². The van der Waals surface area contributed by atoms with E-state index in [0.717, 1.165) is 22.4 Å². The molecule has 2 aromatic rings. The molecule has 0 saturated carbocycles. The van der Waals surface area contributed by atoms with Crippen molar-refractivity contribution in [3.63, 3.8) is 0 Å². The molecule has 0 bridgehead atoms. The Morgan fingerprint density at radius 3 is 2.19 bits per heavy atom. The minimum Gasteiger partial charge on any atom is -0.318 e. The molecule has 2 rings (SSSR count). The van der Waals surface area contributed by atoms with Gasteiger partial charge in [-0.05, 0) is 17.7 Å². The van der Waals surface area contributed by atoms with Gasteiger partial charge in [-0.3, -0.25) is 9.48 Å². The molecule has 0 atom stereocenters. The standard InChI is InChI=1S/C14H9BrF7N3O/c15-9-3-1-8(2-4-9)6-25-7-10(5-23-25)24-11(26)12(16,17)13(18,19)14(20,21)22/h1-5,7H,6H2,(H,24,26). The van der Waals surface area contributed by atoms with Gasteiger partial charge < -0.3 is 5.32 Å². The number of hydrogen-bond acceptors (Lipinski definition) is 2. The molecule has 0 unspecified atom stereocenters. The third-order valence-corrected chi connectivity index (χ3v) is 3.71. The maximum Gasteiger partial charge on any atom is 0.460 e. The molecule has 4 nitrogen and oxygen atoms in total. The summed E-state index contributed by atoms with van der Waals surface area (Å²) in [6.07, 6.45) is -4.72. The Morgan fingerprint density at radius 2 is 1.65 bits per heavy atom. The van der Waals surface area contributed by atoms with Crippen LogP contribution in [-0.4, -0.2) is 33.7 Å². The summed E-state index contributed by atoms with van der Waals surface area (Å²) >= 11 is 3.23. The number of rotatable bonds is 5. The number of nitrogens with zero attached hydrogens (tertiary/aromatic N) is 2. The van der Waals surface area contributed by atoms with Gasteiger partial charge in [0.1, 0.15) is 0 Å². The molecular weight excluding hydrogens is 439 g/mol. The molecule has 0 aliphatic heterocycles. The molecular formula is C14H9BrF7N3O. The minimum absolute atomic E-state index is 0.151. The van der Waals surface area contributed by atoms with Gasteiger partial charge in [-0.15, -0.1) is 0 Å². The van der Waals surface area contributed by atoms with Gasteiger partial charge in [0.25, 0.3) is 0 Å². The fraction of sp³-hybridized carbons (Fsp3) is 0.286. The summed E-state index contributed by atoms with van der Waals surface area (Å²) in [4.78, 5) is 11.2. The van der Waals surface area contributed by atoms with E-state index in [1.165, 1.54) is 10.00 Å².